The van der Waals surface area contributed by atoms with Gasteiger partial charge in [0.1, 0.15) is 10.8 Å². The van der Waals surface area contributed by atoms with Gasteiger partial charge in [0.25, 0.3) is 5.91 Å². The maximum atomic E-state index is 12.3. The molecule has 2 aromatic carbocycles. The molecule has 0 spiro atoms. The lowest BCUT2D eigenvalue weighted by atomic mass is 10.1. The number of thiophene rings is 1. The van der Waals surface area contributed by atoms with Crippen molar-refractivity contribution in [3.63, 3.8) is 0 Å². The Morgan fingerprint density at radius 1 is 1.20 bits per heavy atom. The first-order valence-electron chi connectivity index (χ1n) is 7.25. The molecule has 0 fully saturated rings. The summed E-state index contributed by atoms with van der Waals surface area (Å²) in [4.78, 5) is 24.1. The van der Waals surface area contributed by atoms with Gasteiger partial charge in [-0.05, 0) is 42.8 Å². The molecule has 3 amide bonds. The predicted octanol–water partition coefficient (Wildman–Crippen LogP) is 4.31. The van der Waals surface area contributed by atoms with Gasteiger partial charge in [-0.2, -0.15) is 0 Å². The first kappa shape index (κ1) is 17.1. The highest BCUT2D eigenvalue weighted by atomic mass is 35.5. The maximum absolute atomic E-state index is 12.3. The summed E-state index contributed by atoms with van der Waals surface area (Å²) >= 11 is 7.19. The van der Waals surface area contributed by atoms with Crippen molar-refractivity contribution < 1.29 is 14.7 Å². The number of phenols is 1. The molecule has 3 rings (SSSR count). The Kier molecular flexibility index (Phi) is 4.52. The van der Waals surface area contributed by atoms with Gasteiger partial charge in [0.05, 0.1) is 5.56 Å². The molecule has 0 aliphatic carbocycles. The van der Waals surface area contributed by atoms with Crippen molar-refractivity contribution in [1.29, 1.82) is 0 Å². The highest BCUT2D eigenvalue weighted by Crippen LogP contribution is 2.37. The Morgan fingerprint density at radius 3 is 2.68 bits per heavy atom. The molecule has 0 saturated carbocycles. The van der Waals surface area contributed by atoms with Crippen molar-refractivity contribution in [2.45, 2.75) is 6.92 Å². The van der Waals surface area contributed by atoms with Crippen LogP contribution in [0.2, 0.25) is 5.02 Å². The van der Waals surface area contributed by atoms with Crippen LogP contribution < -0.4 is 16.4 Å². The van der Waals surface area contributed by atoms with E-state index in [1.807, 2.05) is 0 Å². The number of amides is 3. The third-order valence-electron chi connectivity index (χ3n) is 3.66. The molecule has 0 saturated heterocycles. The van der Waals surface area contributed by atoms with E-state index < -0.39 is 11.9 Å². The maximum Gasteiger partial charge on any atom is 0.324 e. The third kappa shape index (κ3) is 3.38. The van der Waals surface area contributed by atoms with Crippen molar-refractivity contribution in [2.75, 3.05) is 10.6 Å². The van der Waals surface area contributed by atoms with Crippen LogP contribution in [0.25, 0.3) is 10.1 Å². The molecular weight excluding hydrogens is 362 g/mol. The fraction of sp³-hybridized carbons (Fsp3) is 0.0588. The number of nitrogens with one attached hydrogen (secondary N) is 2. The fourth-order valence-electron chi connectivity index (χ4n) is 2.42. The smallest absolute Gasteiger partial charge is 0.324 e. The molecule has 0 aliphatic heterocycles. The normalized spacial score (nSPS) is 10.6. The minimum atomic E-state index is -0.661. The van der Waals surface area contributed by atoms with E-state index in [1.54, 1.807) is 31.2 Å². The van der Waals surface area contributed by atoms with Crippen molar-refractivity contribution in [3.8, 4) is 5.75 Å². The lowest BCUT2D eigenvalue weighted by Crippen LogP contribution is -2.21. The number of aromatic hydroxyl groups is 1. The van der Waals surface area contributed by atoms with E-state index >= 15 is 0 Å². The quantitative estimate of drug-likeness (QED) is 0.548. The molecule has 128 valence electrons. The summed E-state index contributed by atoms with van der Waals surface area (Å²) < 4.78 is 0.642. The summed E-state index contributed by atoms with van der Waals surface area (Å²) in [6, 6.07) is 9.20. The number of benzene rings is 2. The molecule has 25 heavy (non-hydrogen) atoms. The summed E-state index contributed by atoms with van der Waals surface area (Å²) in [7, 11) is 0. The molecule has 0 unspecified atom stereocenters. The molecule has 8 heteroatoms. The number of carbonyl (C=O) groups is 2. The van der Waals surface area contributed by atoms with Gasteiger partial charge < -0.3 is 16.2 Å². The fourth-order valence-corrected chi connectivity index (χ4v) is 3.73. The average molecular weight is 376 g/mol. The Labute approximate surface area is 152 Å². The van der Waals surface area contributed by atoms with Crippen LogP contribution in [0.1, 0.15) is 15.9 Å². The third-order valence-corrected chi connectivity index (χ3v) is 5.14. The number of anilines is 2. The Balaban J connectivity index is 1.92. The minimum absolute atomic E-state index is 0.0651. The van der Waals surface area contributed by atoms with Crippen LogP contribution in [0, 0.1) is 6.92 Å². The lowest BCUT2D eigenvalue weighted by molar-refractivity contribution is 0.100. The molecule has 6 nitrogen and oxygen atoms in total. The molecule has 1 heterocycles. The molecule has 0 radical (unpaired) electrons. The number of primary amides is 1. The van der Waals surface area contributed by atoms with E-state index in [2.05, 4.69) is 10.6 Å². The van der Waals surface area contributed by atoms with Crippen molar-refractivity contribution in [3.05, 3.63) is 52.5 Å². The minimum Gasteiger partial charge on any atom is -0.508 e. The molecule has 0 atom stereocenters. The first-order chi connectivity index (χ1) is 11.9. The molecule has 5 N–H and O–H groups in total. The number of phenolic OH excluding ortho intramolecular Hbond substituents is 1. The standard InChI is InChI=1S/C17H14ClN3O3S/c1-8-11(18)3-2-4-12(8)20-17(24)21-16-14(15(19)23)10-6-5-9(22)7-13(10)25-16/h2-7,22H,1H3,(H2,19,23)(H2,20,21,24). The van der Waals surface area contributed by atoms with Crippen molar-refractivity contribution >= 4 is 55.7 Å². The van der Waals surface area contributed by atoms with E-state index in [1.165, 1.54) is 12.1 Å². The number of urea groups is 1. The van der Waals surface area contributed by atoms with Gasteiger partial charge in [0.2, 0.25) is 0 Å². The number of hydrogen-bond acceptors (Lipinski definition) is 4. The number of carbonyl (C=O) groups excluding carboxylic acids is 2. The van der Waals surface area contributed by atoms with Gasteiger partial charge in [0.15, 0.2) is 0 Å². The van der Waals surface area contributed by atoms with Crippen LogP contribution in [-0.4, -0.2) is 17.0 Å². The van der Waals surface area contributed by atoms with E-state index in [4.69, 9.17) is 17.3 Å². The predicted molar refractivity (Wildman–Crippen MR) is 101 cm³/mol. The highest BCUT2D eigenvalue weighted by molar-refractivity contribution is 7.23. The second-order valence-electron chi connectivity index (χ2n) is 5.34. The number of nitrogens with two attached hydrogens (primary N) is 1. The van der Waals surface area contributed by atoms with Crippen LogP contribution in [0.4, 0.5) is 15.5 Å². The van der Waals surface area contributed by atoms with Gasteiger partial charge in [-0.25, -0.2) is 4.79 Å². The van der Waals surface area contributed by atoms with E-state index in [0.717, 1.165) is 16.9 Å². The van der Waals surface area contributed by atoms with Crippen LogP contribution in [0.3, 0.4) is 0 Å². The number of fused-ring (bicyclic) bond motifs is 1. The topological polar surface area (TPSA) is 104 Å². The van der Waals surface area contributed by atoms with Gasteiger partial charge in [0, 0.05) is 20.8 Å². The van der Waals surface area contributed by atoms with Crippen LogP contribution in [-0.2, 0) is 0 Å². The Hall–Kier alpha value is -2.77. The first-order valence-corrected chi connectivity index (χ1v) is 8.44. The summed E-state index contributed by atoms with van der Waals surface area (Å²) in [6.07, 6.45) is 0. The van der Waals surface area contributed by atoms with E-state index in [9.17, 15) is 14.7 Å². The SMILES string of the molecule is Cc1c(Cl)cccc1NC(=O)Nc1sc2cc(O)ccc2c1C(N)=O. The lowest BCUT2D eigenvalue weighted by Gasteiger charge is -2.10. The number of halogens is 1. The van der Waals surface area contributed by atoms with Crippen molar-refractivity contribution in [1.82, 2.24) is 0 Å². The average Bonchev–Trinajstić information content (AvgIpc) is 2.88. The molecule has 0 bridgehead atoms. The zero-order valence-corrected chi connectivity index (χ0v) is 14.7. The second-order valence-corrected chi connectivity index (χ2v) is 6.80. The Bertz CT molecular complexity index is 1000. The van der Waals surface area contributed by atoms with E-state index in [0.29, 0.717) is 25.8 Å². The summed E-state index contributed by atoms with van der Waals surface area (Å²) in [5.41, 5.74) is 6.95. The zero-order valence-electron chi connectivity index (χ0n) is 13.1. The van der Waals surface area contributed by atoms with Crippen LogP contribution in [0.5, 0.6) is 5.75 Å². The molecule has 0 aliphatic rings. The van der Waals surface area contributed by atoms with Gasteiger partial charge in [-0.1, -0.05) is 17.7 Å². The highest BCUT2D eigenvalue weighted by Gasteiger charge is 2.19. The number of rotatable bonds is 3. The summed E-state index contributed by atoms with van der Waals surface area (Å²) in [5, 5.41) is 16.3. The van der Waals surface area contributed by atoms with Gasteiger partial charge in [-0.3, -0.25) is 10.1 Å². The van der Waals surface area contributed by atoms with Crippen LogP contribution >= 0.6 is 22.9 Å². The molecule has 1 aromatic heterocycles. The van der Waals surface area contributed by atoms with Gasteiger partial charge >= 0.3 is 6.03 Å². The second kappa shape index (κ2) is 6.62. The van der Waals surface area contributed by atoms with Crippen molar-refractivity contribution in [2.24, 2.45) is 5.73 Å². The van der Waals surface area contributed by atoms with E-state index in [-0.39, 0.29) is 11.3 Å². The van der Waals surface area contributed by atoms with Gasteiger partial charge in [-0.15, -0.1) is 11.3 Å². The summed E-state index contributed by atoms with van der Waals surface area (Å²) in [6.45, 7) is 1.79. The Morgan fingerprint density at radius 2 is 1.96 bits per heavy atom. The van der Waals surface area contributed by atoms with Crippen LogP contribution in [0.15, 0.2) is 36.4 Å². The molecule has 3 aromatic rings. The largest absolute Gasteiger partial charge is 0.508 e. The zero-order chi connectivity index (χ0) is 18.1. The number of hydrogen-bond donors (Lipinski definition) is 4. The summed E-state index contributed by atoms with van der Waals surface area (Å²) in [5.74, 6) is -0.596. The molecular formula is C17H14ClN3O3S. The monoisotopic (exact) mass is 375 g/mol.